The van der Waals surface area contributed by atoms with Crippen LogP contribution >= 0.6 is 11.6 Å². The lowest BCUT2D eigenvalue weighted by Gasteiger charge is -2.15. The molecule has 1 aromatic carbocycles. The van der Waals surface area contributed by atoms with Gasteiger partial charge in [0.25, 0.3) is 5.91 Å². The number of para-hydroxylation sites is 2. The number of hydrogen-bond acceptors (Lipinski definition) is 3. The Morgan fingerprint density at radius 1 is 1.33 bits per heavy atom. The molecule has 0 saturated heterocycles. The summed E-state index contributed by atoms with van der Waals surface area (Å²) in [5.41, 5.74) is 0.290. The lowest BCUT2D eigenvalue weighted by molar-refractivity contribution is 0.102. The summed E-state index contributed by atoms with van der Waals surface area (Å²) < 4.78 is 19.4. The second kappa shape index (κ2) is 6.54. The first kappa shape index (κ1) is 15.3. The molecule has 2 rings (SSSR count). The highest BCUT2D eigenvalue weighted by Crippen LogP contribution is 2.26. The molecule has 0 fully saturated rings. The van der Waals surface area contributed by atoms with Crippen LogP contribution in [0.5, 0.6) is 5.75 Å². The summed E-state index contributed by atoms with van der Waals surface area (Å²) in [6.45, 7) is 3.75. The van der Waals surface area contributed by atoms with Crippen LogP contribution in [0, 0.1) is 5.82 Å². The Morgan fingerprint density at radius 3 is 2.76 bits per heavy atom. The summed E-state index contributed by atoms with van der Waals surface area (Å²) in [7, 11) is 0. The molecule has 0 bridgehead atoms. The van der Waals surface area contributed by atoms with Crippen molar-refractivity contribution >= 4 is 23.2 Å². The maximum Gasteiger partial charge on any atom is 0.258 e. The highest BCUT2D eigenvalue weighted by Gasteiger charge is 2.16. The summed E-state index contributed by atoms with van der Waals surface area (Å²) in [5, 5.41) is 2.27. The molecule has 0 aliphatic carbocycles. The molecule has 0 aliphatic heterocycles. The Balaban J connectivity index is 2.26. The number of carbonyl (C=O) groups excluding carboxylic acids is 1. The van der Waals surface area contributed by atoms with Crippen LogP contribution in [0.2, 0.25) is 5.15 Å². The van der Waals surface area contributed by atoms with Gasteiger partial charge in [-0.25, -0.2) is 9.37 Å². The summed E-state index contributed by atoms with van der Waals surface area (Å²) in [4.78, 5) is 15.7. The van der Waals surface area contributed by atoms with Crippen molar-refractivity contribution in [2.45, 2.75) is 20.0 Å². The molecule has 0 radical (unpaired) electrons. The molecule has 1 heterocycles. The number of pyridine rings is 1. The first-order valence-electron chi connectivity index (χ1n) is 6.36. The van der Waals surface area contributed by atoms with E-state index in [-0.39, 0.29) is 16.8 Å². The van der Waals surface area contributed by atoms with E-state index in [4.69, 9.17) is 16.3 Å². The van der Waals surface area contributed by atoms with Crippen molar-refractivity contribution in [3.63, 3.8) is 0 Å². The van der Waals surface area contributed by atoms with Gasteiger partial charge in [-0.1, -0.05) is 23.7 Å². The Labute approximate surface area is 126 Å². The summed E-state index contributed by atoms with van der Waals surface area (Å²) in [6.07, 6.45) is 1.23. The van der Waals surface area contributed by atoms with E-state index in [1.54, 1.807) is 24.3 Å². The van der Waals surface area contributed by atoms with Crippen LogP contribution in [-0.4, -0.2) is 17.0 Å². The van der Waals surface area contributed by atoms with Gasteiger partial charge in [0.1, 0.15) is 5.75 Å². The van der Waals surface area contributed by atoms with Crippen LogP contribution in [0.25, 0.3) is 0 Å². The number of aromatic nitrogens is 1. The minimum absolute atomic E-state index is 0.0462. The molecule has 0 spiro atoms. The molecule has 21 heavy (non-hydrogen) atoms. The molecular formula is C15H14ClFN2O2. The third-order valence-electron chi connectivity index (χ3n) is 2.59. The van der Waals surface area contributed by atoms with Gasteiger partial charge in [-0.15, -0.1) is 0 Å². The van der Waals surface area contributed by atoms with Crippen molar-refractivity contribution in [2.75, 3.05) is 5.32 Å². The summed E-state index contributed by atoms with van der Waals surface area (Å²) in [5.74, 6) is -0.947. The average molecular weight is 309 g/mol. The van der Waals surface area contributed by atoms with Gasteiger partial charge < -0.3 is 10.1 Å². The van der Waals surface area contributed by atoms with Crippen molar-refractivity contribution in [3.8, 4) is 5.75 Å². The lowest BCUT2D eigenvalue weighted by Crippen LogP contribution is -2.16. The van der Waals surface area contributed by atoms with Gasteiger partial charge >= 0.3 is 0 Å². The second-order valence-electron chi connectivity index (χ2n) is 4.58. The van der Waals surface area contributed by atoms with Crippen LogP contribution in [0.15, 0.2) is 36.5 Å². The van der Waals surface area contributed by atoms with Gasteiger partial charge in [0.05, 0.1) is 17.4 Å². The van der Waals surface area contributed by atoms with E-state index in [1.807, 2.05) is 13.8 Å². The second-order valence-corrected chi connectivity index (χ2v) is 4.94. The Bertz CT molecular complexity index is 662. The quantitative estimate of drug-likeness (QED) is 0.871. The standard InChI is InChI=1S/C15H14ClFN2O2/c1-9(2)21-12-6-4-3-5-11(12)19-15(20)10-7-8-18-14(16)13(10)17/h3-9H,1-2H3,(H,19,20). The van der Waals surface area contributed by atoms with Crippen LogP contribution in [0.4, 0.5) is 10.1 Å². The molecule has 2 aromatic rings. The van der Waals surface area contributed by atoms with Gasteiger partial charge in [-0.2, -0.15) is 0 Å². The number of halogens is 2. The van der Waals surface area contributed by atoms with E-state index in [0.29, 0.717) is 11.4 Å². The molecule has 6 heteroatoms. The molecule has 0 aliphatic rings. The van der Waals surface area contributed by atoms with Gasteiger partial charge in [0.2, 0.25) is 0 Å². The first-order chi connectivity index (χ1) is 9.99. The molecule has 4 nitrogen and oxygen atoms in total. The number of hydrogen-bond donors (Lipinski definition) is 1. The maximum atomic E-state index is 13.8. The maximum absolute atomic E-state index is 13.8. The summed E-state index contributed by atoms with van der Waals surface area (Å²) >= 11 is 5.57. The zero-order valence-electron chi connectivity index (χ0n) is 11.6. The Hall–Kier alpha value is -2.14. The number of carbonyl (C=O) groups is 1. The molecule has 110 valence electrons. The van der Waals surface area contributed by atoms with E-state index in [9.17, 15) is 9.18 Å². The van der Waals surface area contributed by atoms with E-state index in [2.05, 4.69) is 10.3 Å². The largest absolute Gasteiger partial charge is 0.489 e. The molecule has 0 unspecified atom stereocenters. The van der Waals surface area contributed by atoms with Crippen molar-refractivity contribution in [3.05, 3.63) is 53.1 Å². The SMILES string of the molecule is CC(C)Oc1ccccc1NC(=O)c1ccnc(Cl)c1F. The number of amides is 1. The molecule has 0 atom stereocenters. The zero-order valence-corrected chi connectivity index (χ0v) is 12.3. The normalized spacial score (nSPS) is 10.5. The third-order valence-corrected chi connectivity index (χ3v) is 2.85. The first-order valence-corrected chi connectivity index (χ1v) is 6.74. The van der Waals surface area contributed by atoms with E-state index < -0.39 is 11.7 Å². The molecule has 1 N–H and O–H groups in total. The highest BCUT2D eigenvalue weighted by molar-refractivity contribution is 6.30. The molecular weight excluding hydrogens is 295 g/mol. The van der Waals surface area contributed by atoms with Gasteiger partial charge in [-0.3, -0.25) is 4.79 Å². The van der Waals surface area contributed by atoms with Gasteiger partial charge in [0.15, 0.2) is 11.0 Å². The van der Waals surface area contributed by atoms with Crippen molar-refractivity contribution in [1.82, 2.24) is 4.98 Å². The van der Waals surface area contributed by atoms with E-state index in [0.717, 1.165) is 0 Å². The smallest absolute Gasteiger partial charge is 0.258 e. The number of benzene rings is 1. The highest BCUT2D eigenvalue weighted by atomic mass is 35.5. The van der Waals surface area contributed by atoms with Crippen LogP contribution in [0.3, 0.4) is 0 Å². The average Bonchev–Trinajstić information content (AvgIpc) is 2.43. The minimum atomic E-state index is -0.848. The Morgan fingerprint density at radius 2 is 2.05 bits per heavy atom. The number of rotatable bonds is 4. The van der Waals surface area contributed by atoms with Crippen molar-refractivity contribution in [1.29, 1.82) is 0 Å². The molecule has 1 aromatic heterocycles. The zero-order chi connectivity index (χ0) is 15.4. The van der Waals surface area contributed by atoms with Crippen molar-refractivity contribution in [2.24, 2.45) is 0 Å². The fraction of sp³-hybridized carbons (Fsp3) is 0.200. The summed E-state index contributed by atoms with van der Waals surface area (Å²) in [6, 6.07) is 8.21. The fourth-order valence-corrected chi connectivity index (χ4v) is 1.87. The van der Waals surface area contributed by atoms with E-state index >= 15 is 0 Å². The van der Waals surface area contributed by atoms with Crippen LogP contribution in [-0.2, 0) is 0 Å². The van der Waals surface area contributed by atoms with Gasteiger partial charge in [0, 0.05) is 6.20 Å². The minimum Gasteiger partial charge on any atom is -0.489 e. The van der Waals surface area contributed by atoms with Crippen LogP contribution in [0.1, 0.15) is 24.2 Å². The number of ether oxygens (including phenoxy) is 1. The molecule has 1 amide bonds. The molecule has 0 saturated carbocycles. The fourth-order valence-electron chi connectivity index (χ4n) is 1.71. The predicted molar refractivity (Wildman–Crippen MR) is 79.4 cm³/mol. The monoisotopic (exact) mass is 308 g/mol. The third kappa shape index (κ3) is 3.70. The van der Waals surface area contributed by atoms with Crippen LogP contribution < -0.4 is 10.1 Å². The van der Waals surface area contributed by atoms with Gasteiger partial charge in [-0.05, 0) is 32.0 Å². The Kier molecular flexibility index (Phi) is 4.75. The van der Waals surface area contributed by atoms with Crippen molar-refractivity contribution < 1.29 is 13.9 Å². The number of nitrogens with one attached hydrogen (secondary N) is 1. The lowest BCUT2D eigenvalue weighted by atomic mass is 10.2. The topological polar surface area (TPSA) is 51.2 Å². The number of anilines is 1. The van der Waals surface area contributed by atoms with E-state index in [1.165, 1.54) is 12.3 Å². The predicted octanol–water partition coefficient (Wildman–Crippen LogP) is 3.91. The number of nitrogens with zero attached hydrogens (tertiary/aromatic N) is 1.